The van der Waals surface area contributed by atoms with Crippen molar-refractivity contribution in [2.24, 2.45) is 18.9 Å². The lowest BCUT2D eigenvalue weighted by atomic mass is 9.73. The number of aryl methyl sites for hydroxylation is 2. The highest BCUT2D eigenvalue weighted by Crippen LogP contribution is 2.43. The summed E-state index contributed by atoms with van der Waals surface area (Å²) in [6.07, 6.45) is 13.8. The van der Waals surface area contributed by atoms with E-state index in [4.69, 9.17) is 4.74 Å². The minimum atomic E-state index is -3.83. The maximum atomic E-state index is 13.9. The van der Waals surface area contributed by atoms with Crippen LogP contribution >= 0.6 is 0 Å². The molecule has 2 heterocycles. The molecule has 3 aromatic carbocycles. The summed E-state index contributed by atoms with van der Waals surface area (Å²) < 4.78 is 37.1. The normalized spacial score (nSPS) is 23.8. The second-order valence-corrected chi connectivity index (χ2v) is 17.3. The third kappa shape index (κ3) is 7.58. The fraction of sp³-hybridized carbons (Fsp3) is 0.537. The zero-order valence-electron chi connectivity index (χ0n) is 30.3. The van der Waals surface area contributed by atoms with Gasteiger partial charge in [-0.1, -0.05) is 99.4 Å². The fourth-order valence-electron chi connectivity index (χ4n) is 9.25. The topological polar surface area (TPSA) is 115 Å². The Hall–Kier alpha value is -3.76. The molecule has 1 N–H and O–H groups in total. The molecule has 272 valence electrons. The van der Waals surface area contributed by atoms with E-state index in [1.165, 1.54) is 67.7 Å². The molecule has 1 aliphatic heterocycles. The molecule has 0 bridgehead atoms. The van der Waals surface area contributed by atoms with Crippen LogP contribution in [0.3, 0.4) is 0 Å². The highest BCUT2D eigenvalue weighted by atomic mass is 32.2. The van der Waals surface area contributed by atoms with Gasteiger partial charge in [0.25, 0.3) is 0 Å². The number of rotatable bonds is 8. The second kappa shape index (κ2) is 15.1. The number of carbonyl (C=O) groups is 1. The number of benzene rings is 3. The number of para-hydroxylation sites is 1. The molecule has 2 fully saturated rings. The predicted molar refractivity (Wildman–Crippen MR) is 198 cm³/mol. The SMILES string of the molecule is Cc1ccc([C@H](CC(=O)O)c2cc(C3CCCC(C4CCCCC4)CCC3)c3c(c2)nnn3C)cc1CN1C[C@@H](C)Oc2ccccc2S1(=O)=O. The molecular weight excluding hydrogens is 661 g/mol. The summed E-state index contributed by atoms with van der Waals surface area (Å²) in [7, 11) is -1.88. The van der Waals surface area contributed by atoms with Crippen LogP contribution in [-0.2, 0) is 28.4 Å². The average Bonchev–Trinajstić information content (AvgIpc) is 3.44. The van der Waals surface area contributed by atoms with Crippen molar-refractivity contribution in [1.82, 2.24) is 19.3 Å². The first-order valence-corrected chi connectivity index (χ1v) is 20.4. The van der Waals surface area contributed by atoms with Gasteiger partial charge in [0.1, 0.15) is 22.3 Å². The monoisotopic (exact) mass is 712 g/mol. The summed E-state index contributed by atoms with van der Waals surface area (Å²) in [4.78, 5) is 12.6. The molecule has 2 saturated carbocycles. The number of carboxylic acid groups (broad SMARTS) is 1. The molecule has 2 atom stereocenters. The van der Waals surface area contributed by atoms with Crippen LogP contribution in [-0.4, -0.2) is 51.4 Å². The highest BCUT2D eigenvalue weighted by molar-refractivity contribution is 7.89. The number of aliphatic carboxylic acids is 1. The van der Waals surface area contributed by atoms with Crippen LogP contribution in [0.5, 0.6) is 5.75 Å². The van der Waals surface area contributed by atoms with Gasteiger partial charge in [-0.2, -0.15) is 4.31 Å². The van der Waals surface area contributed by atoms with Crippen LogP contribution in [0.1, 0.15) is 124 Å². The van der Waals surface area contributed by atoms with Crippen molar-refractivity contribution in [3.8, 4) is 5.75 Å². The van der Waals surface area contributed by atoms with Gasteiger partial charge < -0.3 is 9.84 Å². The van der Waals surface area contributed by atoms with E-state index < -0.39 is 21.9 Å². The third-order valence-electron chi connectivity index (χ3n) is 11.9. The lowest BCUT2D eigenvalue weighted by Gasteiger charge is -2.33. The lowest BCUT2D eigenvalue weighted by Crippen LogP contribution is -2.35. The Labute approximate surface area is 302 Å². The van der Waals surface area contributed by atoms with Gasteiger partial charge in [0.15, 0.2) is 0 Å². The van der Waals surface area contributed by atoms with Crippen LogP contribution in [0.25, 0.3) is 11.0 Å². The number of sulfonamides is 1. The van der Waals surface area contributed by atoms with Gasteiger partial charge in [-0.25, -0.2) is 13.1 Å². The molecule has 9 nitrogen and oxygen atoms in total. The van der Waals surface area contributed by atoms with Crippen LogP contribution in [0.2, 0.25) is 0 Å². The van der Waals surface area contributed by atoms with Crippen molar-refractivity contribution in [1.29, 1.82) is 0 Å². The number of carboxylic acids is 1. The van der Waals surface area contributed by atoms with Gasteiger partial charge in [-0.15, -0.1) is 5.10 Å². The molecule has 7 rings (SSSR count). The predicted octanol–water partition coefficient (Wildman–Crippen LogP) is 8.49. The molecule has 0 radical (unpaired) electrons. The van der Waals surface area contributed by atoms with Gasteiger partial charge in [0.2, 0.25) is 10.0 Å². The molecule has 0 spiro atoms. The van der Waals surface area contributed by atoms with Gasteiger partial charge in [0, 0.05) is 19.5 Å². The van der Waals surface area contributed by atoms with E-state index in [1.807, 2.05) is 49.8 Å². The molecule has 0 unspecified atom stereocenters. The molecular formula is C41H52N4O5S. The van der Waals surface area contributed by atoms with Crippen molar-refractivity contribution in [3.05, 3.63) is 82.4 Å². The molecule has 4 aromatic rings. The molecule has 0 saturated heterocycles. The Morgan fingerprint density at radius 3 is 2.35 bits per heavy atom. The number of hydrogen-bond acceptors (Lipinski definition) is 6. The maximum absolute atomic E-state index is 13.9. The second-order valence-electron chi connectivity index (χ2n) is 15.4. The van der Waals surface area contributed by atoms with E-state index in [2.05, 4.69) is 16.4 Å². The number of fused-ring (bicyclic) bond motifs is 2. The summed E-state index contributed by atoms with van der Waals surface area (Å²) in [5.41, 5.74) is 6.59. The Morgan fingerprint density at radius 1 is 0.922 bits per heavy atom. The Kier molecular flexibility index (Phi) is 10.5. The van der Waals surface area contributed by atoms with Gasteiger partial charge in [0.05, 0.1) is 18.5 Å². The highest BCUT2D eigenvalue weighted by Gasteiger charge is 2.34. The standard InChI is InChI=1S/C41H52N4O5S/c1-27-19-20-32(21-34(27)26-45-25-28(2)50-38-17-7-8-18-39(38)51(45,48)49)35(24-40(46)47)33-22-36(41-37(23-33)42-43-44(41)3)31-15-9-13-30(14-10-16-31)29-11-5-4-6-12-29/h7-8,17-23,28-31,35H,4-6,9-16,24-26H2,1-3H3,(H,46,47)/t28-,30?,31?,35+/m1/s1. The molecule has 2 aliphatic carbocycles. The lowest BCUT2D eigenvalue weighted by molar-refractivity contribution is -0.137. The van der Waals surface area contributed by atoms with Crippen LogP contribution in [0.15, 0.2) is 59.5 Å². The molecule has 1 aromatic heterocycles. The van der Waals surface area contributed by atoms with Crippen molar-refractivity contribution < 1.29 is 23.1 Å². The minimum Gasteiger partial charge on any atom is -0.488 e. The average molecular weight is 713 g/mol. The van der Waals surface area contributed by atoms with E-state index >= 15 is 0 Å². The number of nitrogens with zero attached hydrogens (tertiary/aromatic N) is 4. The van der Waals surface area contributed by atoms with Crippen molar-refractivity contribution in [3.63, 3.8) is 0 Å². The first kappa shape index (κ1) is 35.6. The first-order chi connectivity index (χ1) is 24.6. The van der Waals surface area contributed by atoms with E-state index in [0.29, 0.717) is 11.7 Å². The molecule has 3 aliphatic rings. The molecule has 10 heteroatoms. The van der Waals surface area contributed by atoms with Crippen LogP contribution in [0.4, 0.5) is 0 Å². The summed E-state index contributed by atoms with van der Waals surface area (Å²) in [6.45, 7) is 4.21. The fourth-order valence-corrected chi connectivity index (χ4v) is 10.9. The summed E-state index contributed by atoms with van der Waals surface area (Å²) in [6, 6.07) is 17.0. The number of aromatic nitrogens is 3. The van der Waals surface area contributed by atoms with Crippen molar-refractivity contribution >= 4 is 27.0 Å². The van der Waals surface area contributed by atoms with E-state index in [0.717, 1.165) is 58.0 Å². The molecule has 51 heavy (non-hydrogen) atoms. The minimum absolute atomic E-state index is 0.0955. The Bertz CT molecular complexity index is 1970. The van der Waals surface area contributed by atoms with Crippen molar-refractivity contribution in [2.45, 2.75) is 120 Å². The Morgan fingerprint density at radius 2 is 1.63 bits per heavy atom. The van der Waals surface area contributed by atoms with Crippen LogP contribution in [0, 0.1) is 18.8 Å². The van der Waals surface area contributed by atoms with E-state index in [1.54, 1.807) is 24.3 Å². The number of hydrogen-bond donors (Lipinski definition) is 1. The zero-order chi connectivity index (χ0) is 35.7. The molecule has 0 amide bonds. The van der Waals surface area contributed by atoms with Gasteiger partial charge >= 0.3 is 5.97 Å². The summed E-state index contributed by atoms with van der Waals surface area (Å²) in [5, 5.41) is 19.2. The van der Waals surface area contributed by atoms with E-state index in [-0.39, 0.29) is 30.5 Å². The smallest absolute Gasteiger partial charge is 0.304 e. The third-order valence-corrected chi connectivity index (χ3v) is 13.8. The van der Waals surface area contributed by atoms with E-state index in [9.17, 15) is 18.3 Å². The Balaban J connectivity index is 1.20. The van der Waals surface area contributed by atoms with Crippen molar-refractivity contribution in [2.75, 3.05) is 6.54 Å². The quantitative estimate of drug-likeness (QED) is 0.195. The van der Waals surface area contributed by atoms with Gasteiger partial charge in [-0.05, 0) is 90.5 Å². The first-order valence-electron chi connectivity index (χ1n) is 19.0. The maximum Gasteiger partial charge on any atom is 0.304 e. The van der Waals surface area contributed by atoms with Gasteiger partial charge in [-0.3, -0.25) is 4.79 Å². The summed E-state index contributed by atoms with van der Waals surface area (Å²) in [5.74, 6) is 1.14. The number of ether oxygens (including phenoxy) is 1. The summed E-state index contributed by atoms with van der Waals surface area (Å²) >= 11 is 0. The largest absolute Gasteiger partial charge is 0.488 e. The van der Waals surface area contributed by atoms with Crippen LogP contribution < -0.4 is 4.74 Å². The zero-order valence-corrected chi connectivity index (χ0v) is 31.1.